The lowest BCUT2D eigenvalue weighted by Crippen LogP contribution is -2.28. The van der Waals surface area contributed by atoms with Gasteiger partial charge in [0.25, 0.3) is 11.1 Å². The van der Waals surface area contributed by atoms with Crippen molar-refractivity contribution >= 4 is 17.7 Å². The van der Waals surface area contributed by atoms with Crippen LogP contribution in [-0.2, 0) is 9.53 Å². The molecule has 1 aromatic carbocycles. The molecule has 0 aliphatic heterocycles. The van der Waals surface area contributed by atoms with Crippen LogP contribution >= 0.6 is 11.8 Å². The summed E-state index contributed by atoms with van der Waals surface area (Å²) in [4.78, 5) is 11.6. The van der Waals surface area contributed by atoms with Gasteiger partial charge in [0.15, 0.2) is 17.7 Å². The van der Waals surface area contributed by atoms with E-state index in [2.05, 4.69) is 15.5 Å². The highest BCUT2D eigenvalue weighted by atomic mass is 32.2. The van der Waals surface area contributed by atoms with Crippen molar-refractivity contribution in [1.29, 1.82) is 0 Å². The predicted molar refractivity (Wildman–Crippen MR) is 85.4 cm³/mol. The largest absolute Gasteiger partial charge is 0.478 e. The number of carbonyl (C=O) groups is 1. The van der Waals surface area contributed by atoms with Crippen LogP contribution in [0.2, 0.25) is 0 Å². The number of benzene rings is 1. The van der Waals surface area contributed by atoms with Gasteiger partial charge in [0.2, 0.25) is 5.91 Å². The lowest BCUT2D eigenvalue weighted by atomic mass is 10.3. The Bertz CT molecular complexity index is 668. The van der Waals surface area contributed by atoms with Crippen molar-refractivity contribution in [1.82, 2.24) is 15.5 Å². The molecule has 1 heterocycles. The van der Waals surface area contributed by atoms with Gasteiger partial charge >= 0.3 is 0 Å². The zero-order chi connectivity index (χ0) is 17.4. The Morgan fingerprint density at radius 2 is 2.21 bits per heavy atom. The van der Waals surface area contributed by atoms with Gasteiger partial charge in [-0.05, 0) is 19.1 Å². The Morgan fingerprint density at radius 3 is 2.96 bits per heavy atom. The van der Waals surface area contributed by atoms with Crippen LogP contribution in [0.5, 0.6) is 5.75 Å². The number of methoxy groups -OCH3 is 1. The van der Waals surface area contributed by atoms with Gasteiger partial charge in [-0.1, -0.05) is 23.9 Å². The Morgan fingerprint density at radius 1 is 1.42 bits per heavy atom. The van der Waals surface area contributed by atoms with E-state index in [4.69, 9.17) is 13.9 Å². The molecule has 0 saturated heterocycles. The number of thioether (sulfide) groups is 1. The molecule has 130 valence electrons. The lowest BCUT2D eigenvalue weighted by molar-refractivity contribution is -0.118. The molecule has 0 fully saturated rings. The minimum atomic E-state index is -0.612. The quantitative estimate of drug-likeness (QED) is 0.545. The van der Waals surface area contributed by atoms with E-state index in [-0.39, 0.29) is 28.5 Å². The van der Waals surface area contributed by atoms with E-state index in [0.717, 1.165) is 11.8 Å². The van der Waals surface area contributed by atoms with Crippen LogP contribution < -0.4 is 10.1 Å². The van der Waals surface area contributed by atoms with Gasteiger partial charge in [0.05, 0.1) is 12.4 Å². The molecule has 9 heteroatoms. The van der Waals surface area contributed by atoms with E-state index in [1.165, 1.54) is 12.1 Å². The Labute approximate surface area is 142 Å². The van der Waals surface area contributed by atoms with E-state index in [1.807, 2.05) is 0 Å². The van der Waals surface area contributed by atoms with E-state index in [9.17, 15) is 9.18 Å². The van der Waals surface area contributed by atoms with Crippen molar-refractivity contribution < 1.29 is 23.1 Å². The summed E-state index contributed by atoms with van der Waals surface area (Å²) in [6.07, 6.45) is -0.612. The topological polar surface area (TPSA) is 86.5 Å². The smallest absolute Gasteiger partial charge is 0.277 e. The third kappa shape index (κ3) is 5.50. The minimum absolute atomic E-state index is 0.106. The van der Waals surface area contributed by atoms with Gasteiger partial charge in [-0.15, -0.1) is 10.2 Å². The van der Waals surface area contributed by atoms with Crippen LogP contribution in [0.4, 0.5) is 4.39 Å². The highest BCUT2D eigenvalue weighted by molar-refractivity contribution is 7.99. The van der Waals surface area contributed by atoms with Gasteiger partial charge < -0.3 is 19.2 Å². The van der Waals surface area contributed by atoms with Gasteiger partial charge in [-0.25, -0.2) is 4.39 Å². The summed E-state index contributed by atoms with van der Waals surface area (Å²) < 4.78 is 29.3. The average Bonchev–Trinajstić information content (AvgIpc) is 3.04. The van der Waals surface area contributed by atoms with Crippen molar-refractivity contribution in [3.63, 3.8) is 0 Å². The molecule has 0 aliphatic carbocycles. The molecule has 1 N–H and O–H groups in total. The van der Waals surface area contributed by atoms with Crippen molar-refractivity contribution in [2.75, 3.05) is 26.0 Å². The molecular weight excluding hydrogens is 337 g/mol. The molecule has 2 aromatic rings. The summed E-state index contributed by atoms with van der Waals surface area (Å²) >= 11 is 1.11. The second-order valence-corrected chi connectivity index (χ2v) is 5.65. The van der Waals surface area contributed by atoms with Gasteiger partial charge in [0.1, 0.15) is 0 Å². The fraction of sp³-hybridized carbons (Fsp3) is 0.400. The fourth-order valence-electron chi connectivity index (χ4n) is 1.69. The van der Waals surface area contributed by atoms with Gasteiger partial charge in [0, 0.05) is 13.7 Å². The SMILES string of the molecule is COCCNC(=O)CSc1nnc([C@H](C)Oc2ccccc2F)o1. The second-order valence-electron chi connectivity index (χ2n) is 4.73. The van der Waals surface area contributed by atoms with Crippen LogP contribution in [-0.4, -0.2) is 42.1 Å². The fourth-order valence-corrected chi connectivity index (χ4v) is 2.29. The molecule has 2 rings (SSSR count). The number of amides is 1. The molecule has 0 spiro atoms. The lowest BCUT2D eigenvalue weighted by Gasteiger charge is -2.11. The predicted octanol–water partition coefficient (Wildman–Crippen LogP) is 2.20. The van der Waals surface area contributed by atoms with E-state index < -0.39 is 11.9 Å². The number of halogens is 1. The maximum Gasteiger partial charge on any atom is 0.277 e. The third-order valence-electron chi connectivity index (χ3n) is 2.87. The summed E-state index contributed by atoms with van der Waals surface area (Å²) in [5.41, 5.74) is 0. The van der Waals surface area contributed by atoms with Crippen molar-refractivity contribution in [3.8, 4) is 5.75 Å². The first-order chi connectivity index (χ1) is 11.6. The maximum absolute atomic E-state index is 13.6. The average molecular weight is 355 g/mol. The number of rotatable bonds is 9. The zero-order valence-electron chi connectivity index (χ0n) is 13.3. The standard InChI is InChI=1S/C15H18FN3O4S/c1-10(22-12-6-4-3-5-11(12)16)14-18-19-15(23-14)24-9-13(20)17-7-8-21-2/h3-6,10H,7-9H2,1-2H3,(H,17,20)/t10-/m0/s1. The second kappa shape index (κ2) is 9.24. The maximum atomic E-state index is 13.6. The Hall–Kier alpha value is -2.13. The zero-order valence-corrected chi connectivity index (χ0v) is 14.1. The number of para-hydroxylation sites is 1. The number of aromatic nitrogens is 2. The first-order valence-electron chi connectivity index (χ1n) is 7.23. The monoisotopic (exact) mass is 355 g/mol. The normalized spacial score (nSPS) is 12.0. The summed E-state index contributed by atoms with van der Waals surface area (Å²) in [5, 5.41) is 10.6. The van der Waals surface area contributed by atoms with Gasteiger partial charge in [-0.2, -0.15) is 0 Å². The van der Waals surface area contributed by atoms with Gasteiger partial charge in [-0.3, -0.25) is 4.79 Å². The van der Waals surface area contributed by atoms with Crippen molar-refractivity contribution in [2.45, 2.75) is 18.3 Å². The number of carbonyl (C=O) groups excluding carboxylic acids is 1. The molecule has 1 amide bonds. The minimum Gasteiger partial charge on any atom is -0.478 e. The van der Waals surface area contributed by atoms with E-state index >= 15 is 0 Å². The molecule has 0 aliphatic rings. The first-order valence-corrected chi connectivity index (χ1v) is 8.21. The molecule has 24 heavy (non-hydrogen) atoms. The number of nitrogens with zero attached hydrogens (tertiary/aromatic N) is 2. The summed E-state index contributed by atoms with van der Waals surface area (Å²) in [5.74, 6) is -0.164. The van der Waals surface area contributed by atoms with E-state index in [0.29, 0.717) is 13.2 Å². The number of ether oxygens (including phenoxy) is 2. The number of hydrogen-bond donors (Lipinski definition) is 1. The van der Waals surface area contributed by atoms with Crippen molar-refractivity contribution in [2.24, 2.45) is 0 Å². The Kier molecular flexibility index (Phi) is 7.01. The highest BCUT2D eigenvalue weighted by Crippen LogP contribution is 2.25. The number of hydrogen-bond acceptors (Lipinski definition) is 7. The summed E-state index contributed by atoms with van der Waals surface area (Å²) in [6, 6.07) is 6.07. The number of nitrogens with one attached hydrogen (secondary N) is 1. The molecule has 0 radical (unpaired) electrons. The van der Waals surface area contributed by atoms with Crippen molar-refractivity contribution in [3.05, 3.63) is 36.0 Å². The molecule has 1 atom stereocenters. The molecule has 0 unspecified atom stereocenters. The van der Waals surface area contributed by atoms with Crippen LogP contribution in [0.25, 0.3) is 0 Å². The molecule has 1 aromatic heterocycles. The highest BCUT2D eigenvalue weighted by Gasteiger charge is 2.18. The molecule has 0 saturated carbocycles. The van der Waals surface area contributed by atoms with Crippen LogP contribution in [0, 0.1) is 5.82 Å². The van der Waals surface area contributed by atoms with Crippen LogP contribution in [0.1, 0.15) is 18.9 Å². The van der Waals surface area contributed by atoms with Crippen LogP contribution in [0.3, 0.4) is 0 Å². The summed E-state index contributed by atoms with van der Waals surface area (Å²) in [7, 11) is 1.56. The first kappa shape index (κ1) is 18.2. The van der Waals surface area contributed by atoms with E-state index in [1.54, 1.807) is 26.2 Å². The molecular formula is C15H18FN3O4S. The van der Waals surface area contributed by atoms with Crippen LogP contribution in [0.15, 0.2) is 33.9 Å². The molecule has 7 nitrogen and oxygen atoms in total. The molecule has 0 bridgehead atoms. The summed E-state index contributed by atoms with van der Waals surface area (Å²) in [6.45, 7) is 2.57. The Balaban J connectivity index is 1.84. The third-order valence-corrected chi connectivity index (χ3v) is 3.68.